The van der Waals surface area contributed by atoms with Crippen LogP contribution < -0.4 is 5.73 Å². The first-order chi connectivity index (χ1) is 10.1. The van der Waals surface area contributed by atoms with Crippen molar-refractivity contribution >= 4 is 30.1 Å². The maximum Gasteiger partial charge on any atom is 0.223 e. The number of nitrogens with two attached hydrogens (primary N) is 1. The van der Waals surface area contributed by atoms with Crippen LogP contribution in [0.5, 0.6) is 0 Å². The molecule has 0 radical (unpaired) electrons. The molecule has 1 atom stereocenters. The Labute approximate surface area is 142 Å². The number of thioether (sulfide) groups is 1. The van der Waals surface area contributed by atoms with Crippen molar-refractivity contribution in [3.05, 3.63) is 30.1 Å². The van der Waals surface area contributed by atoms with E-state index in [1.165, 1.54) is 17.8 Å². The standard InChI is InChI=1S/C16H23FN2OS.ClH/c1-12(18)13-6-9-19(10-7-13)16(20)8-11-21-15-5-3-2-4-14(15)17;/h2-5,12-13H,6-11,18H2,1H3;1H. The first-order valence-electron chi connectivity index (χ1n) is 7.48. The second-order valence-electron chi connectivity index (χ2n) is 5.61. The van der Waals surface area contributed by atoms with Crippen molar-refractivity contribution in [1.29, 1.82) is 0 Å². The van der Waals surface area contributed by atoms with E-state index < -0.39 is 0 Å². The minimum Gasteiger partial charge on any atom is -0.343 e. The molecule has 3 nitrogen and oxygen atoms in total. The molecule has 0 saturated carbocycles. The molecule has 2 N–H and O–H groups in total. The number of nitrogens with zero attached hydrogens (tertiary/aromatic N) is 1. The van der Waals surface area contributed by atoms with E-state index in [4.69, 9.17) is 5.73 Å². The lowest BCUT2D eigenvalue weighted by atomic mass is 9.91. The molecule has 2 rings (SSSR count). The van der Waals surface area contributed by atoms with Gasteiger partial charge in [0.25, 0.3) is 0 Å². The Kier molecular flexibility index (Phi) is 8.21. The van der Waals surface area contributed by atoms with Gasteiger partial charge in [-0.25, -0.2) is 4.39 Å². The van der Waals surface area contributed by atoms with Crippen LogP contribution in [0.2, 0.25) is 0 Å². The molecule has 1 aromatic rings. The molecule has 1 aromatic carbocycles. The SMILES string of the molecule is CC(N)C1CCN(C(=O)CCSc2ccccc2F)CC1.Cl. The van der Waals surface area contributed by atoms with E-state index in [0.29, 0.717) is 23.0 Å². The maximum absolute atomic E-state index is 13.5. The van der Waals surface area contributed by atoms with Crippen LogP contribution in [0.3, 0.4) is 0 Å². The van der Waals surface area contributed by atoms with Gasteiger partial charge < -0.3 is 10.6 Å². The second kappa shape index (κ2) is 9.38. The quantitative estimate of drug-likeness (QED) is 0.832. The summed E-state index contributed by atoms with van der Waals surface area (Å²) in [6, 6.07) is 6.89. The monoisotopic (exact) mass is 346 g/mol. The van der Waals surface area contributed by atoms with Crippen LogP contribution in [0.1, 0.15) is 26.2 Å². The van der Waals surface area contributed by atoms with E-state index in [1.807, 2.05) is 17.9 Å². The molecule has 1 heterocycles. The average molecular weight is 347 g/mol. The van der Waals surface area contributed by atoms with E-state index in [1.54, 1.807) is 12.1 Å². The molecule has 0 bridgehead atoms. The lowest BCUT2D eigenvalue weighted by Crippen LogP contribution is -2.42. The topological polar surface area (TPSA) is 46.3 Å². The highest BCUT2D eigenvalue weighted by molar-refractivity contribution is 7.99. The summed E-state index contributed by atoms with van der Waals surface area (Å²) >= 11 is 1.40. The largest absolute Gasteiger partial charge is 0.343 e. The van der Waals surface area contributed by atoms with E-state index in [-0.39, 0.29) is 30.2 Å². The number of benzene rings is 1. The smallest absolute Gasteiger partial charge is 0.223 e. The normalized spacial score (nSPS) is 17.0. The van der Waals surface area contributed by atoms with E-state index in [9.17, 15) is 9.18 Å². The van der Waals surface area contributed by atoms with Crippen LogP contribution in [0.25, 0.3) is 0 Å². The van der Waals surface area contributed by atoms with E-state index >= 15 is 0 Å². The van der Waals surface area contributed by atoms with Crippen LogP contribution in [-0.4, -0.2) is 35.7 Å². The molecule has 1 unspecified atom stereocenters. The van der Waals surface area contributed by atoms with Gasteiger partial charge in [0.15, 0.2) is 0 Å². The molecule has 1 amide bonds. The van der Waals surface area contributed by atoms with Gasteiger partial charge in [-0.15, -0.1) is 24.2 Å². The summed E-state index contributed by atoms with van der Waals surface area (Å²) in [7, 11) is 0. The summed E-state index contributed by atoms with van der Waals surface area (Å²) < 4.78 is 13.5. The van der Waals surface area contributed by atoms with Gasteiger partial charge in [0, 0.05) is 36.2 Å². The maximum atomic E-state index is 13.5. The van der Waals surface area contributed by atoms with E-state index in [2.05, 4.69) is 0 Å². The third-order valence-electron chi connectivity index (χ3n) is 4.05. The molecule has 0 aliphatic carbocycles. The van der Waals surface area contributed by atoms with Gasteiger partial charge in [0.1, 0.15) is 5.82 Å². The Morgan fingerprint density at radius 1 is 1.41 bits per heavy atom. The van der Waals surface area contributed by atoms with Gasteiger partial charge >= 0.3 is 0 Å². The van der Waals surface area contributed by atoms with Gasteiger partial charge in [-0.2, -0.15) is 0 Å². The van der Waals surface area contributed by atoms with Gasteiger partial charge in [0.2, 0.25) is 5.91 Å². The van der Waals surface area contributed by atoms with Crippen LogP contribution in [-0.2, 0) is 4.79 Å². The van der Waals surface area contributed by atoms with Crippen molar-refractivity contribution in [3.8, 4) is 0 Å². The third-order valence-corrected chi connectivity index (χ3v) is 5.10. The molecule has 1 aliphatic rings. The van der Waals surface area contributed by atoms with Crippen LogP contribution in [0.15, 0.2) is 29.2 Å². The van der Waals surface area contributed by atoms with Crippen molar-refractivity contribution in [1.82, 2.24) is 4.90 Å². The average Bonchev–Trinajstić information content (AvgIpc) is 2.49. The van der Waals surface area contributed by atoms with E-state index in [0.717, 1.165) is 25.9 Å². The summed E-state index contributed by atoms with van der Waals surface area (Å²) in [6.07, 6.45) is 2.44. The molecule has 124 valence electrons. The number of hydrogen-bond acceptors (Lipinski definition) is 3. The fourth-order valence-corrected chi connectivity index (χ4v) is 3.52. The van der Waals surface area contributed by atoms with Crippen molar-refractivity contribution in [2.75, 3.05) is 18.8 Å². The third kappa shape index (κ3) is 5.45. The fourth-order valence-electron chi connectivity index (χ4n) is 2.64. The number of carbonyl (C=O) groups excluding carboxylic acids is 1. The summed E-state index contributed by atoms with van der Waals surface area (Å²) in [4.78, 5) is 14.7. The Hall–Kier alpha value is -0.780. The lowest BCUT2D eigenvalue weighted by molar-refractivity contribution is -0.132. The number of amides is 1. The first-order valence-corrected chi connectivity index (χ1v) is 8.47. The molecular formula is C16H24ClFN2OS. The summed E-state index contributed by atoms with van der Waals surface area (Å²) in [5, 5.41) is 0. The Morgan fingerprint density at radius 3 is 2.64 bits per heavy atom. The molecule has 22 heavy (non-hydrogen) atoms. The van der Waals surface area contributed by atoms with Gasteiger partial charge in [0.05, 0.1) is 0 Å². The number of carbonyl (C=O) groups is 1. The van der Waals surface area contributed by atoms with Crippen LogP contribution in [0.4, 0.5) is 4.39 Å². The Morgan fingerprint density at radius 2 is 2.05 bits per heavy atom. The van der Waals surface area contributed by atoms with Gasteiger partial charge in [-0.1, -0.05) is 12.1 Å². The second-order valence-corrected chi connectivity index (χ2v) is 6.74. The highest BCUT2D eigenvalue weighted by Gasteiger charge is 2.24. The van der Waals surface area contributed by atoms with Gasteiger partial charge in [-0.3, -0.25) is 4.79 Å². The first kappa shape index (κ1) is 19.3. The predicted molar refractivity (Wildman–Crippen MR) is 91.9 cm³/mol. The Balaban J connectivity index is 0.00000242. The summed E-state index contributed by atoms with van der Waals surface area (Å²) in [6.45, 7) is 3.64. The Bertz CT molecular complexity index is 479. The molecule has 0 spiro atoms. The van der Waals surface area contributed by atoms with Crippen molar-refractivity contribution in [3.63, 3.8) is 0 Å². The molecular weight excluding hydrogens is 323 g/mol. The van der Waals surface area contributed by atoms with Gasteiger partial charge in [-0.05, 0) is 37.8 Å². The fraction of sp³-hybridized carbons (Fsp3) is 0.562. The van der Waals surface area contributed by atoms with Crippen molar-refractivity contribution < 1.29 is 9.18 Å². The number of likely N-dealkylation sites (tertiary alicyclic amines) is 1. The zero-order chi connectivity index (χ0) is 15.2. The minimum atomic E-state index is -0.215. The van der Waals surface area contributed by atoms with Crippen molar-refractivity contribution in [2.45, 2.75) is 37.1 Å². The van der Waals surface area contributed by atoms with Crippen LogP contribution in [0, 0.1) is 11.7 Å². The summed E-state index contributed by atoms with van der Waals surface area (Å²) in [5.74, 6) is 1.10. The summed E-state index contributed by atoms with van der Waals surface area (Å²) in [5.41, 5.74) is 5.91. The molecule has 1 fully saturated rings. The number of halogens is 2. The molecule has 6 heteroatoms. The number of piperidine rings is 1. The zero-order valence-corrected chi connectivity index (χ0v) is 14.5. The minimum absolute atomic E-state index is 0. The number of rotatable bonds is 5. The van der Waals surface area contributed by atoms with Crippen molar-refractivity contribution in [2.24, 2.45) is 11.7 Å². The van der Waals surface area contributed by atoms with Crippen LogP contribution >= 0.6 is 24.2 Å². The number of hydrogen-bond donors (Lipinski definition) is 1. The molecule has 1 aliphatic heterocycles. The zero-order valence-electron chi connectivity index (χ0n) is 12.8. The highest BCUT2D eigenvalue weighted by atomic mass is 35.5. The molecule has 1 saturated heterocycles. The lowest BCUT2D eigenvalue weighted by Gasteiger charge is -2.33. The molecule has 0 aromatic heterocycles. The predicted octanol–water partition coefficient (Wildman–Crippen LogP) is 3.32. The highest BCUT2D eigenvalue weighted by Crippen LogP contribution is 2.23.